The van der Waals surface area contributed by atoms with Crippen molar-refractivity contribution in [1.29, 1.82) is 0 Å². The Hall–Kier alpha value is -1.77. The minimum Gasteiger partial charge on any atom is -0.369 e. The van der Waals surface area contributed by atoms with E-state index in [1.807, 2.05) is 6.92 Å². The van der Waals surface area contributed by atoms with Crippen molar-refractivity contribution in [3.05, 3.63) is 18.0 Å². The average molecular weight is 545 g/mol. The number of carbonyl (C=O) groups is 1. The number of anilines is 1. The minimum absolute atomic E-state index is 0.00636. The summed E-state index contributed by atoms with van der Waals surface area (Å²) >= 11 is 0. The Kier molecular flexibility index (Phi) is 13.4. The number of carbonyl (C=O) groups excluding carboxylic acids is 1. The molecule has 0 bridgehead atoms. The molecule has 2 saturated heterocycles. The van der Waals surface area contributed by atoms with E-state index in [1.54, 1.807) is 0 Å². The summed E-state index contributed by atoms with van der Waals surface area (Å²) in [6, 6.07) is 1.57. The van der Waals surface area contributed by atoms with Gasteiger partial charge < -0.3 is 19.9 Å². The van der Waals surface area contributed by atoms with Crippen LogP contribution in [0.2, 0.25) is 0 Å². The van der Waals surface area contributed by atoms with Crippen molar-refractivity contribution in [2.24, 2.45) is 0 Å². The number of nitrogens with one attached hydrogen (secondary N) is 1. The maximum Gasteiger partial charge on any atom is 0.246 e. The molecule has 1 amide bonds. The number of piperazine rings is 1. The molecule has 2 aliphatic heterocycles. The first-order valence-corrected chi connectivity index (χ1v) is 15.8. The fraction of sp³-hybridized carbons (Fsp3) is 0.839. The molecule has 2 fully saturated rings. The van der Waals surface area contributed by atoms with Crippen LogP contribution in [-0.4, -0.2) is 95.8 Å². The number of aromatic nitrogens is 2. The van der Waals surface area contributed by atoms with E-state index < -0.39 is 0 Å². The van der Waals surface area contributed by atoms with Crippen LogP contribution in [0.15, 0.2) is 12.4 Å². The summed E-state index contributed by atoms with van der Waals surface area (Å²) < 4.78 is 5.49. The van der Waals surface area contributed by atoms with Gasteiger partial charge in [-0.2, -0.15) is 0 Å². The van der Waals surface area contributed by atoms with E-state index in [0.29, 0.717) is 24.0 Å². The lowest BCUT2D eigenvalue weighted by Crippen LogP contribution is -2.60. The second-order valence-electron chi connectivity index (χ2n) is 11.8. The van der Waals surface area contributed by atoms with Gasteiger partial charge in [0.05, 0.1) is 6.10 Å². The van der Waals surface area contributed by atoms with Gasteiger partial charge >= 0.3 is 0 Å². The van der Waals surface area contributed by atoms with Crippen LogP contribution in [0.5, 0.6) is 0 Å². The van der Waals surface area contributed by atoms with Crippen molar-refractivity contribution >= 4 is 11.9 Å². The molecule has 0 aromatic carbocycles. The van der Waals surface area contributed by atoms with E-state index in [-0.39, 0.29) is 18.6 Å². The summed E-state index contributed by atoms with van der Waals surface area (Å²) in [6.07, 6.45) is 13.2. The highest BCUT2D eigenvalue weighted by Crippen LogP contribution is 2.30. The normalized spacial score (nSPS) is 23.1. The molecule has 1 aromatic rings. The second kappa shape index (κ2) is 16.5. The molecule has 8 heteroatoms. The fourth-order valence-electron chi connectivity index (χ4n) is 5.93. The summed E-state index contributed by atoms with van der Waals surface area (Å²) in [5.74, 6) is 1.46. The lowest BCUT2D eigenvalue weighted by molar-refractivity contribution is -0.127. The highest BCUT2D eigenvalue weighted by atomic mass is 16.5. The number of hydrogen-bond donors (Lipinski definition) is 1. The average Bonchev–Trinajstić information content (AvgIpc) is 2.98. The number of likely N-dealkylation sites (tertiary alicyclic amines) is 1. The van der Waals surface area contributed by atoms with Gasteiger partial charge in [0.15, 0.2) is 0 Å². The summed E-state index contributed by atoms with van der Waals surface area (Å²) in [6.45, 7) is 19.7. The first-order chi connectivity index (χ1) is 18.9. The standard InChI is InChI=1S/C31H56N6O2/c1-7-24(5)36-21-28(9-3)37(29(10-4)22-36)31-33-19-27(20-34-31)26-13-17-35(18-14-26)16-12-11-15-32-30(38)23-39-25(6)8-2/h19-20,24-26,28-29H,7-18,21-23H2,1-6H3,(H,32,38). The minimum atomic E-state index is -0.00636. The zero-order valence-electron chi connectivity index (χ0n) is 25.7. The molecule has 4 unspecified atom stereocenters. The Morgan fingerprint density at radius 3 is 2.21 bits per heavy atom. The van der Waals surface area contributed by atoms with Crippen LogP contribution >= 0.6 is 0 Å². The summed E-state index contributed by atoms with van der Waals surface area (Å²) in [7, 11) is 0. The summed E-state index contributed by atoms with van der Waals surface area (Å²) in [5, 5.41) is 2.98. The SMILES string of the molecule is CCC(C)OCC(=O)NCCCCN1CCC(c2cnc(N3C(CC)CN(C(C)CC)CC3CC)nc2)CC1. The van der Waals surface area contributed by atoms with Gasteiger partial charge in [-0.1, -0.05) is 27.7 Å². The van der Waals surface area contributed by atoms with Crippen molar-refractivity contribution in [3.63, 3.8) is 0 Å². The lowest BCUT2D eigenvalue weighted by atomic mass is 9.91. The van der Waals surface area contributed by atoms with E-state index >= 15 is 0 Å². The van der Waals surface area contributed by atoms with Crippen LogP contribution in [0.25, 0.3) is 0 Å². The molecule has 3 rings (SSSR count). The molecule has 222 valence electrons. The number of unbranched alkanes of at least 4 members (excludes halogenated alkanes) is 1. The largest absolute Gasteiger partial charge is 0.369 e. The number of rotatable bonds is 15. The Labute approximate surface area is 238 Å². The smallest absolute Gasteiger partial charge is 0.246 e. The third-order valence-electron chi connectivity index (χ3n) is 9.08. The fourth-order valence-corrected chi connectivity index (χ4v) is 5.93. The molecule has 8 nitrogen and oxygen atoms in total. The van der Waals surface area contributed by atoms with E-state index in [0.717, 1.165) is 90.2 Å². The third-order valence-corrected chi connectivity index (χ3v) is 9.08. The number of piperidine rings is 1. The quantitative estimate of drug-likeness (QED) is 0.317. The maximum atomic E-state index is 11.9. The summed E-state index contributed by atoms with van der Waals surface area (Å²) in [4.78, 5) is 29.5. The van der Waals surface area contributed by atoms with Crippen LogP contribution in [0.1, 0.15) is 104 Å². The van der Waals surface area contributed by atoms with Gasteiger partial charge in [0.2, 0.25) is 11.9 Å². The third kappa shape index (κ3) is 9.39. The Bertz CT molecular complexity index is 815. The van der Waals surface area contributed by atoms with Crippen molar-refractivity contribution in [2.45, 2.75) is 123 Å². The Balaban J connectivity index is 1.41. The number of amides is 1. The predicted molar refractivity (Wildman–Crippen MR) is 160 cm³/mol. The predicted octanol–water partition coefficient (Wildman–Crippen LogP) is 4.85. The number of nitrogens with zero attached hydrogens (tertiary/aromatic N) is 5. The van der Waals surface area contributed by atoms with Gasteiger partial charge in [0.25, 0.3) is 0 Å². The molecule has 1 aromatic heterocycles. The van der Waals surface area contributed by atoms with Gasteiger partial charge in [-0.25, -0.2) is 9.97 Å². The van der Waals surface area contributed by atoms with Gasteiger partial charge in [-0.3, -0.25) is 9.69 Å². The first-order valence-electron chi connectivity index (χ1n) is 15.8. The van der Waals surface area contributed by atoms with Crippen molar-refractivity contribution in [1.82, 2.24) is 25.1 Å². The van der Waals surface area contributed by atoms with E-state index in [4.69, 9.17) is 14.7 Å². The van der Waals surface area contributed by atoms with Crippen LogP contribution < -0.4 is 10.2 Å². The van der Waals surface area contributed by atoms with Gasteiger partial charge in [-0.15, -0.1) is 0 Å². The van der Waals surface area contributed by atoms with Gasteiger partial charge in [0, 0.05) is 50.2 Å². The zero-order chi connectivity index (χ0) is 28.2. The zero-order valence-corrected chi connectivity index (χ0v) is 25.7. The molecule has 0 radical (unpaired) electrons. The van der Waals surface area contributed by atoms with Crippen LogP contribution in [0, 0.1) is 0 Å². The lowest BCUT2D eigenvalue weighted by Gasteiger charge is -2.48. The van der Waals surface area contributed by atoms with Crippen molar-refractivity contribution in [3.8, 4) is 0 Å². The molecule has 3 heterocycles. The molecular formula is C31H56N6O2. The highest BCUT2D eigenvalue weighted by Gasteiger charge is 2.35. The Morgan fingerprint density at radius 1 is 1.00 bits per heavy atom. The molecule has 2 aliphatic rings. The van der Waals surface area contributed by atoms with Crippen molar-refractivity contribution < 1.29 is 9.53 Å². The monoisotopic (exact) mass is 544 g/mol. The van der Waals surface area contributed by atoms with Crippen LogP contribution in [-0.2, 0) is 9.53 Å². The van der Waals surface area contributed by atoms with E-state index in [2.05, 4.69) is 67.0 Å². The second-order valence-corrected chi connectivity index (χ2v) is 11.8. The Morgan fingerprint density at radius 2 is 1.64 bits per heavy atom. The maximum absolute atomic E-state index is 11.9. The first kappa shape index (κ1) is 31.8. The van der Waals surface area contributed by atoms with Gasteiger partial charge in [-0.05, 0) is 96.3 Å². The molecule has 0 aliphatic carbocycles. The number of ether oxygens (including phenoxy) is 1. The molecule has 0 spiro atoms. The topological polar surface area (TPSA) is 73.8 Å². The van der Waals surface area contributed by atoms with Gasteiger partial charge in [0.1, 0.15) is 6.61 Å². The molecule has 4 atom stereocenters. The highest BCUT2D eigenvalue weighted by molar-refractivity contribution is 5.77. The molecule has 39 heavy (non-hydrogen) atoms. The molecular weight excluding hydrogens is 488 g/mol. The van der Waals surface area contributed by atoms with Crippen LogP contribution in [0.4, 0.5) is 5.95 Å². The van der Waals surface area contributed by atoms with E-state index in [9.17, 15) is 4.79 Å². The van der Waals surface area contributed by atoms with Crippen molar-refractivity contribution in [2.75, 3.05) is 50.8 Å². The number of hydrogen-bond acceptors (Lipinski definition) is 7. The van der Waals surface area contributed by atoms with Crippen LogP contribution in [0.3, 0.4) is 0 Å². The summed E-state index contributed by atoms with van der Waals surface area (Å²) in [5.41, 5.74) is 1.29. The molecule has 1 N–H and O–H groups in total. The van der Waals surface area contributed by atoms with E-state index in [1.165, 1.54) is 12.0 Å². The molecule has 0 saturated carbocycles.